The van der Waals surface area contributed by atoms with Crippen LogP contribution in [0.2, 0.25) is 0 Å². The number of aliphatic hydroxyl groups is 1. The van der Waals surface area contributed by atoms with Crippen LogP contribution < -0.4 is 4.52 Å². The van der Waals surface area contributed by atoms with E-state index in [2.05, 4.69) is 0 Å². The van der Waals surface area contributed by atoms with Crippen molar-refractivity contribution >= 4 is 7.82 Å². The minimum Gasteiger partial charge on any atom is -0.404 e. The number of phosphoric acid groups is 1. The second-order valence-corrected chi connectivity index (χ2v) is 5.54. The van der Waals surface area contributed by atoms with Crippen molar-refractivity contribution in [2.24, 2.45) is 0 Å². The van der Waals surface area contributed by atoms with Crippen LogP contribution in [0.3, 0.4) is 0 Å². The zero-order chi connectivity index (χ0) is 14.3. The summed E-state index contributed by atoms with van der Waals surface area (Å²) in [5.74, 6) is 0.255. The van der Waals surface area contributed by atoms with Crippen molar-refractivity contribution in [3.63, 3.8) is 0 Å². The molecule has 7 heteroatoms. The number of para-hydroxylation sites is 1. The monoisotopic (exact) mass is 290 g/mol. The summed E-state index contributed by atoms with van der Waals surface area (Å²) in [4.78, 5) is 9.50. The topological polar surface area (TPSA) is 85.2 Å². The SMILES string of the molecule is CC(O)COC(C)COP(=O)(O)Oc1ccccc1. The predicted octanol–water partition coefficient (Wildman–Crippen LogP) is 1.97. The smallest absolute Gasteiger partial charge is 0.404 e. The number of hydrogen-bond donors (Lipinski definition) is 2. The number of phosphoric ester groups is 1. The Labute approximate surface area is 112 Å². The van der Waals surface area contributed by atoms with Crippen LogP contribution in [0.1, 0.15) is 13.8 Å². The second kappa shape index (κ2) is 7.62. The minimum atomic E-state index is -4.16. The molecule has 3 unspecified atom stereocenters. The molecule has 0 saturated carbocycles. The molecule has 3 atom stereocenters. The van der Waals surface area contributed by atoms with E-state index in [0.29, 0.717) is 0 Å². The van der Waals surface area contributed by atoms with Gasteiger partial charge in [0.05, 0.1) is 25.4 Å². The van der Waals surface area contributed by atoms with Gasteiger partial charge in [0.1, 0.15) is 5.75 Å². The van der Waals surface area contributed by atoms with E-state index < -0.39 is 20.0 Å². The molecule has 1 rings (SSSR count). The second-order valence-electron chi connectivity index (χ2n) is 4.16. The van der Waals surface area contributed by atoms with Gasteiger partial charge in [0.15, 0.2) is 0 Å². The Kier molecular flexibility index (Phi) is 6.48. The van der Waals surface area contributed by atoms with Gasteiger partial charge in [-0.25, -0.2) is 4.57 Å². The first-order chi connectivity index (χ1) is 8.89. The molecule has 2 N–H and O–H groups in total. The van der Waals surface area contributed by atoms with Crippen molar-refractivity contribution in [1.82, 2.24) is 0 Å². The molecule has 0 aliphatic rings. The third kappa shape index (κ3) is 7.30. The third-order valence-electron chi connectivity index (χ3n) is 2.06. The number of hydrogen-bond acceptors (Lipinski definition) is 5. The molecule has 0 aromatic heterocycles. The molecular weight excluding hydrogens is 271 g/mol. The molecule has 0 aliphatic heterocycles. The summed E-state index contributed by atoms with van der Waals surface area (Å²) in [7, 11) is -4.16. The lowest BCUT2D eigenvalue weighted by molar-refractivity contribution is -0.0171. The molecule has 0 spiro atoms. The maximum atomic E-state index is 11.6. The van der Waals surface area contributed by atoms with E-state index >= 15 is 0 Å². The first kappa shape index (κ1) is 16.1. The van der Waals surface area contributed by atoms with E-state index in [4.69, 9.17) is 18.9 Å². The first-order valence-electron chi connectivity index (χ1n) is 5.90. The lowest BCUT2D eigenvalue weighted by Crippen LogP contribution is -2.21. The maximum absolute atomic E-state index is 11.6. The number of aliphatic hydroxyl groups excluding tert-OH is 1. The van der Waals surface area contributed by atoms with Crippen molar-refractivity contribution in [1.29, 1.82) is 0 Å². The Morgan fingerprint density at radius 1 is 1.21 bits per heavy atom. The molecule has 108 valence electrons. The number of ether oxygens (including phenoxy) is 1. The summed E-state index contributed by atoms with van der Waals surface area (Å²) in [5.41, 5.74) is 0. The van der Waals surface area contributed by atoms with Crippen LogP contribution in [-0.2, 0) is 13.8 Å². The van der Waals surface area contributed by atoms with Crippen molar-refractivity contribution in [3.05, 3.63) is 30.3 Å². The third-order valence-corrected chi connectivity index (χ3v) is 2.98. The van der Waals surface area contributed by atoms with Crippen LogP contribution in [0.5, 0.6) is 5.75 Å². The molecule has 0 heterocycles. The van der Waals surface area contributed by atoms with Crippen molar-refractivity contribution in [2.45, 2.75) is 26.1 Å². The minimum absolute atomic E-state index is 0.104. The fraction of sp³-hybridized carbons (Fsp3) is 0.500. The van der Waals surface area contributed by atoms with Gasteiger partial charge in [0.25, 0.3) is 0 Å². The van der Waals surface area contributed by atoms with Gasteiger partial charge in [0.2, 0.25) is 0 Å². The van der Waals surface area contributed by atoms with Crippen LogP contribution in [0.15, 0.2) is 30.3 Å². The van der Waals surface area contributed by atoms with E-state index in [0.717, 1.165) is 0 Å². The van der Waals surface area contributed by atoms with Gasteiger partial charge in [-0.1, -0.05) is 18.2 Å². The van der Waals surface area contributed by atoms with Crippen molar-refractivity contribution in [3.8, 4) is 5.75 Å². The molecule has 0 saturated heterocycles. The molecular formula is C12H19O6P. The molecule has 1 aromatic carbocycles. The lowest BCUT2D eigenvalue weighted by atomic mass is 10.3. The van der Waals surface area contributed by atoms with Gasteiger partial charge in [-0.15, -0.1) is 0 Å². The van der Waals surface area contributed by atoms with Crippen molar-refractivity contribution in [2.75, 3.05) is 13.2 Å². The molecule has 0 amide bonds. The molecule has 0 fully saturated rings. The summed E-state index contributed by atoms with van der Waals surface area (Å²) in [6.45, 7) is 3.29. The maximum Gasteiger partial charge on any atom is 0.527 e. The Balaban J connectivity index is 2.36. The van der Waals surface area contributed by atoms with Gasteiger partial charge in [-0.05, 0) is 26.0 Å². The van der Waals surface area contributed by atoms with Crippen LogP contribution >= 0.6 is 7.82 Å². The van der Waals surface area contributed by atoms with Gasteiger partial charge >= 0.3 is 7.82 Å². The molecule has 0 bridgehead atoms. The first-order valence-corrected chi connectivity index (χ1v) is 7.40. The average molecular weight is 290 g/mol. The number of rotatable bonds is 8. The predicted molar refractivity (Wildman–Crippen MR) is 69.9 cm³/mol. The van der Waals surface area contributed by atoms with Crippen LogP contribution in [0, 0.1) is 0 Å². The zero-order valence-electron chi connectivity index (χ0n) is 10.9. The highest BCUT2D eigenvalue weighted by Crippen LogP contribution is 2.43. The fourth-order valence-corrected chi connectivity index (χ4v) is 2.03. The molecule has 6 nitrogen and oxygen atoms in total. The largest absolute Gasteiger partial charge is 0.527 e. The zero-order valence-corrected chi connectivity index (χ0v) is 11.8. The quantitative estimate of drug-likeness (QED) is 0.712. The van der Waals surface area contributed by atoms with Gasteiger partial charge in [-0.2, -0.15) is 0 Å². The highest BCUT2D eigenvalue weighted by Gasteiger charge is 2.24. The fourth-order valence-electron chi connectivity index (χ4n) is 1.19. The summed E-state index contributed by atoms with van der Waals surface area (Å²) < 4.78 is 26.5. The Morgan fingerprint density at radius 2 is 1.84 bits per heavy atom. The highest BCUT2D eigenvalue weighted by atomic mass is 31.2. The van der Waals surface area contributed by atoms with E-state index in [9.17, 15) is 9.46 Å². The summed E-state index contributed by atoms with van der Waals surface area (Å²) >= 11 is 0. The average Bonchev–Trinajstić information content (AvgIpc) is 2.34. The Bertz CT molecular complexity index is 408. The highest BCUT2D eigenvalue weighted by molar-refractivity contribution is 7.47. The lowest BCUT2D eigenvalue weighted by Gasteiger charge is -2.17. The molecule has 0 aliphatic carbocycles. The van der Waals surface area contributed by atoms with Gasteiger partial charge < -0.3 is 14.4 Å². The van der Waals surface area contributed by atoms with Crippen LogP contribution in [0.25, 0.3) is 0 Å². The standard InChI is InChI=1S/C12H19O6P/c1-10(13)8-16-11(2)9-17-19(14,15)18-12-6-4-3-5-7-12/h3-7,10-11,13H,8-9H2,1-2H3,(H,14,15). The van der Waals surface area contributed by atoms with Crippen LogP contribution in [0.4, 0.5) is 0 Å². The normalized spacial score (nSPS) is 17.5. The van der Waals surface area contributed by atoms with E-state index in [-0.39, 0.29) is 19.0 Å². The van der Waals surface area contributed by atoms with E-state index in [1.807, 2.05) is 0 Å². The van der Waals surface area contributed by atoms with Gasteiger partial charge in [0, 0.05) is 0 Å². The summed E-state index contributed by atoms with van der Waals surface area (Å²) in [5, 5.41) is 9.03. The van der Waals surface area contributed by atoms with Crippen LogP contribution in [-0.4, -0.2) is 35.4 Å². The summed E-state index contributed by atoms with van der Waals surface area (Å²) in [6.07, 6.45) is -1.02. The summed E-state index contributed by atoms with van der Waals surface area (Å²) in [6, 6.07) is 8.24. The number of benzene rings is 1. The molecule has 1 aromatic rings. The molecule has 0 radical (unpaired) electrons. The van der Waals surface area contributed by atoms with Crippen molar-refractivity contribution < 1.29 is 28.3 Å². The Hall–Kier alpha value is -0.910. The molecule has 19 heavy (non-hydrogen) atoms. The van der Waals surface area contributed by atoms with E-state index in [1.54, 1.807) is 44.2 Å². The van der Waals surface area contributed by atoms with E-state index in [1.165, 1.54) is 0 Å². The van der Waals surface area contributed by atoms with Gasteiger partial charge in [-0.3, -0.25) is 9.42 Å². The Morgan fingerprint density at radius 3 is 2.42 bits per heavy atom.